The van der Waals surface area contributed by atoms with Gasteiger partial charge in [0, 0.05) is 84.2 Å². The number of morpholine rings is 3. The zero-order valence-electron chi connectivity index (χ0n) is 70.6. The van der Waals surface area contributed by atoms with E-state index >= 15 is 13.2 Å². The lowest BCUT2D eigenvalue weighted by Gasteiger charge is -2.51. The van der Waals surface area contributed by atoms with Gasteiger partial charge in [0.15, 0.2) is 58.6 Å². The molecule has 0 N–H and O–H groups in total. The minimum absolute atomic E-state index is 0.00622. The van der Waals surface area contributed by atoms with Gasteiger partial charge in [-0.05, 0) is 80.4 Å². The van der Waals surface area contributed by atoms with E-state index in [1.165, 1.54) is 103 Å². The van der Waals surface area contributed by atoms with E-state index in [1.807, 2.05) is 87.8 Å². The average Bonchev–Trinajstić information content (AvgIpc) is 1.66. The van der Waals surface area contributed by atoms with E-state index in [0.717, 1.165) is 51.6 Å². The van der Waals surface area contributed by atoms with Crippen LogP contribution in [0.4, 0.5) is 31.1 Å². The zero-order valence-corrected chi connectivity index (χ0v) is 73.0. The lowest BCUT2D eigenvalue weighted by atomic mass is 9.92. The Balaban J connectivity index is 0.000000112. The highest BCUT2D eigenvalue weighted by Crippen LogP contribution is 2.56. The normalized spacial score (nSPS) is 21.1. The molecule has 9 aliphatic heterocycles. The van der Waals surface area contributed by atoms with Gasteiger partial charge in [0.2, 0.25) is 33.5 Å². The van der Waals surface area contributed by atoms with E-state index in [4.69, 9.17) is 47.4 Å². The Labute approximate surface area is 779 Å². The first kappa shape index (κ1) is 84.4. The average molecular weight is 1910 g/mol. The molecule has 137 heavy (non-hydrogen) atoms. The van der Waals surface area contributed by atoms with Crippen LogP contribution in [0, 0.1) is 34.9 Å². The molecule has 15 heterocycles. The highest BCUT2D eigenvalue weighted by atomic mass is 32.1. The van der Waals surface area contributed by atoms with Crippen molar-refractivity contribution in [2.24, 2.45) is 0 Å². The number of carbonyl (C=O) groups excluding carboxylic acids is 6. The lowest BCUT2D eigenvalue weighted by Crippen LogP contribution is -2.66. The summed E-state index contributed by atoms with van der Waals surface area (Å²) in [5.41, 5.74) is 10.8. The standard InChI is InChI=1S/2C34H22F2N4O6S.C29H20F2N4O7S/c2*35-22-10-9-21-25(26(22)36)27-31(47-16-37-27)18-6-2-1-5-17(18)28(21)40-24-15-44-14-13-38(24)32(42)29-30(23(41)11-12-39(29)40)45-34-20-8-4-3-7-19(20)33(43)46-34;30-17-6-5-16-21(22(17)31)23-27(43-13-32-23)15-4-2-1-3-14(15)24(16)35-19-11-39-10-9-33(19)28(37)25-26(18(36)7-8-34(25)35)41-20-12-40-29(38)42-20/h2*1-12,16,24,28,34H,13-15H2;1-8,13,19-20,24H,9-12H2/t24-,28-,34?;;/m1../s1. The molecular formula is C97H64F6N12O19S3. The Morgan fingerprint density at radius 3 is 0.978 bits per heavy atom. The van der Waals surface area contributed by atoms with Crippen LogP contribution in [-0.2, 0) is 33.2 Å². The van der Waals surface area contributed by atoms with Crippen molar-refractivity contribution in [2.75, 3.05) is 80.9 Å². The Bertz CT molecular complexity index is 7430. The number of carbonyl (C=O) groups is 6. The molecule has 4 saturated heterocycles. The van der Waals surface area contributed by atoms with Crippen LogP contribution in [-0.4, -0.2) is 170 Å². The summed E-state index contributed by atoms with van der Waals surface area (Å²) in [6.45, 7) is 1.33. The number of aromatic nitrogens is 6. The van der Waals surface area contributed by atoms with Crippen LogP contribution in [0.1, 0.15) is 127 Å². The predicted molar refractivity (Wildman–Crippen MR) is 475 cm³/mol. The first-order chi connectivity index (χ1) is 66.8. The van der Waals surface area contributed by atoms with Crippen LogP contribution < -0.4 is 45.5 Å². The largest absolute Gasteiger partial charge is 0.511 e. The van der Waals surface area contributed by atoms with Gasteiger partial charge >= 0.3 is 18.1 Å². The molecule has 31 nitrogen and oxygen atoms in total. The highest BCUT2D eigenvalue weighted by molar-refractivity contribution is 7.14. The Morgan fingerprint density at radius 1 is 0.336 bits per heavy atom. The van der Waals surface area contributed by atoms with Crippen LogP contribution >= 0.6 is 34.0 Å². The summed E-state index contributed by atoms with van der Waals surface area (Å²) in [6, 6.07) is 44.9. The fourth-order valence-corrected chi connectivity index (χ4v) is 22.7. The number of rotatable bonds is 9. The molecule has 14 aromatic rings. The van der Waals surface area contributed by atoms with Gasteiger partial charge in [-0.15, -0.1) is 34.0 Å². The molecule has 8 aromatic carbocycles. The number of hydrogen-bond donors (Lipinski definition) is 0. The summed E-state index contributed by atoms with van der Waals surface area (Å²) in [7, 11) is 0. The number of pyridine rings is 3. The summed E-state index contributed by atoms with van der Waals surface area (Å²) in [5, 5.41) is 5.48. The maximum absolute atomic E-state index is 15.9. The number of halogens is 6. The third kappa shape index (κ3) is 13.2. The van der Waals surface area contributed by atoms with Crippen molar-refractivity contribution in [3.05, 3.63) is 349 Å². The fourth-order valence-electron chi connectivity index (χ4n) is 20.1. The third-order valence-electron chi connectivity index (χ3n) is 26.0. The van der Waals surface area contributed by atoms with Gasteiger partial charge in [0.05, 0.1) is 117 Å². The van der Waals surface area contributed by atoms with Crippen molar-refractivity contribution in [1.29, 1.82) is 0 Å². The molecule has 26 rings (SSSR count). The van der Waals surface area contributed by atoms with Gasteiger partial charge in [-0.2, -0.15) is 0 Å². The number of thiazole rings is 3. The maximum atomic E-state index is 15.9. The Hall–Kier alpha value is -15.6. The molecule has 6 aromatic heterocycles. The molecule has 0 saturated carbocycles. The highest BCUT2D eigenvalue weighted by Gasteiger charge is 2.54. The van der Waals surface area contributed by atoms with Crippen LogP contribution in [0.3, 0.4) is 0 Å². The van der Waals surface area contributed by atoms with Crippen molar-refractivity contribution in [3.8, 4) is 82.3 Å². The predicted octanol–water partition coefficient (Wildman–Crippen LogP) is 13.7. The molecule has 0 spiro atoms. The second kappa shape index (κ2) is 32.9. The monoisotopic (exact) mass is 1910 g/mol. The topological polar surface area (TPSA) is 319 Å². The summed E-state index contributed by atoms with van der Waals surface area (Å²) in [4.78, 5) is 140. The minimum atomic E-state index is -1.26. The van der Waals surface area contributed by atoms with Crippen molar-refractivity contribution in [3.63, 3.8) is 0 Å². The van der Waals surface area contributed by atoms with Crippen LogP contribution in [0.25, 0.3) is 65.1 Å². The second-order valence-corrected chi connectivity index (χ2v) is 35.6. The summed E-state index contributed by atoms with van der Waals surface area (Å²) in [6.07, 6.45) is -2.51. The quantitative estimate of drug-likeness (QED) is 0.0736. The van der Waals surface area contributed by atoms with Crippen LogP contribution in [0.5, 0.6) is 17.2 Å². The van der Waals surface area contributed by atoms with E-state index < -0.39 is 142 Å². The molecule has 3 aliphatic carbocycles. The number of fused-ring (bicyclic) bond motifs is 23. The number of amides is 3. The first-order valence-electron chi connectivity index (χ1n) is 43.0. The number of esters is 2. The van der Waals surface area contributed by atoms with Gasteiger partial charge in [-0.25, -0.2) is 55.7 Å². The van der Waals surface area contributed by atoms with Crippen molar-refractivity contribution >= 4 is 69.8 Å². The molecule has 9 atom stereocenters. The number of ether oxygens (including phenoxy) is 10. The zero-order chi connectivity index (χ0) is 93.4. The molecule has 0 bridgehead atoms. The minimum Gasteiger partial charge on any atom is -0.444 e. The SMILES string of the molecule is O=C1OC(Oc2c3n(ccc2=O)N(C2c4ccccc4-c4scnc4-c4c2ccc(F)c4F)C2COCCN2C3=O)c2ccccc21.O=C1OC(Oc2c3n(ccc2=O)N([C@@H]2c4ccccc4-c4scnc4-c4c2ccc(F)c4F)[C@@H]2COCCN2C3=O)c2ccccc21.O=C1OCC(Oc2c3n(ccc2=O)N(C2c4ccccc4-c4scnc4-c4c2ccc(F)c4F)C2COCCN2C3=O)O1. The lowest BCUT2D eigenvalue weighted by molar-refractivity contribution is -0.0426. The molecule has 3 amide bonds. The molecule has 12 aliphatic rings. The van der Waals surface area contributed by atoms with E-state index in [0.29, 0.717) is 70.7 Å². The maximum Gasteiger partial charge on any atom is 0.511 e. The van der Waals surface area contributed by atoms with Gasteiger partial charge < -0.3 is 62.1 Å². The van der Waals surface area contributed by atoms with Gasteiger partial charge in [-0.3, -0.25) is 57.8 Å². The van der Waals surface area contributed by atoms with Gasteiger partial charge in [0.1, 0.15) is 18.5 Å². The summed E-state index contributed by atoms with van der Waals surface area (Å²) in [5.74, 6) is -9.85. The third-order valence-corrected chi connectivity index (χ3v) is 28.6. The molecule has 686 valence electrons. The first-order valence-corrected chi connectivity index (χ1v) is 45.7. The number of nitrogens with zero attached hydrogens (tertiary/aromatic N) is 12. The van der Waals surface area contributed by atoms with E-state index in [-0.39, 0.29) is 117 Å². The van der Waals surface area contributed by atoms with Crippen molar-refractivity contribution < 1.29 is 102 Å². The summed E-state index contributed by atoms with van der Waals surface area (Å²) >= 11 is 3.94. The molecule has 4 fully saturated rings. The number of benzene rings is 8. The van der Waals surface area contributed by atoms with Gasteiger partial charge in [-0.1, -0.05) is 127 Å². The van der Waals surface area contributed by atoms with Crippen molar-refractivity contribution in [1.82, 2.24) is 43.7 Å². The molecule has 40 heteroatoms. The Kier molecular flexibility index (Phi) is 20.3. The Morgan fingerprint density at radius 2 is 0.650 bits per heavy atom. The second-order valence-electron chi connectivity index (χ2n) is 33.1. The fraction of sp³-hybridized carbons (Fsp3) is 0.196. The van der Waals surface area contributed by atoms with Crippen LogP contribution in [0.2, 0.25) is 0 Å². The van der Waals surface area contributed by atoms with Crippen molar-refractivity contribution in [2.45, 2.75) is 55.5 Å². The number of cyclic esters (lactones) is 4. The number of hydrogen-bond acceptors (Lipinski definition) is 28. The van der Waals surface area contributed by atoms with E-state index in [1.54, 1.807) is 79.8 Å². The molecule has 0 radical (unpaired) electrons. The molecular weight excluding hydrogens is 1850 g/mol. The van der Waals surface area contributed by atoms with Crippen LogP contribution in [0.15, 0.2) is 225 Å². The molecule has 7 unspecified atom stereocenters. The van der Waals surface area contributed by atoms with E-state index in [2.05, 4.69) is 15.0 Å². The van der Waals surface area contributed by atoms with Gasteiger partial charge in [0.25, 0.3) is 36.6 Å². The summed E-state index contributed by atoms with van der Waals surface area (Å²) < 4.78 is 153. The van der Waals surface area contributed by atoms with E-state index in [9.17, 15) is 56.3 Å². The smallest absolute Gasteiger partial charge is 0.444 e.